The minimum atomic E-state index is -1.27. The van der Waals surface area contributed by atoms with Crippen LogP contribution in [0.5, 0.6) is 0 Å². The van der Waals surface area contributed by atoms with E-state index in [9.17, 15) is 23.2 Å². The van der Waals surface area contributed by atoms with Gasteiger partial charge >= 0.3 is 6.03 Å². The van der Waals surface area contributed by atoms with Crippen molar-refractivity contribution in [3.05, 3.63) is 93.9 Å². The molecular formula is C19H14F2N4O3. The number of anilines is 1. The highest BCUT2D eigenvalue weighted by Gasteiger charge is 2.19. The van der Waals surface area contributed by atoms with Crippen LogP contribution in [-0.4, -0.2) is 21.7 Å². The Morgan fingerprint density at radius 1 is 0.964 bits per heavy atom. The number of hydrogen-bond acceptors (Lipinski definition) is 4. The predicted octanol–water partition coefficient (Wildman–Crippen LogP) is 2.53. The van der Waals surface area contributed by atoms with Gasteiger partial charge in [-0.05, 0) is 23.8 Å². The van der Waals surface area contributed by atoms with Gasteiger partial charge in [-0.1, -0.05) is 36.4 Å². The van der Waals surface area contributed by atoms with Gasteiger partial charge in [-0.3, -0.25) is 14.9 Å². The summed E-state index contributed by atoms with van der Waals surface area (Å²) in [6.07, 6.45) is 1.30. The first-order chi connectivity index (χ1) is 13.5. The van der Waals surface area contributed by atoms with E-state index in [0.29, 0.717) is 0 Å². The summed E-state index contributed by atoms with van der Waals surface area (Å²) < 4.78 is 28.3. The lowest BCUT2D eigenvalue weighted by Crippen LogP contribution is -2.37. The predicted molar refractivity (Wildman–Crippen MR) is 96.9 cm³/mol. The molecule has 2 aromatic carbocycles. The maximum atomic E-state index is 13.6. The first-order valence-electron chi connectivity index (χ1n) is 8.12. The molecule has 2 N–H and O–H groups in total. The molecule has 3 aromatic rings. The standard InChI is InChI=1S/C19H14F2N4O3/c20-13-7-4-8-14(21)16(13)17(26)24-19(28)23-15-9-10-22-25(18(15)27)11-12-5-2-1-3-6-12/h1-10H,11H2,(H2,23,24,26,28). The summed E-state index contributed by atoms with van der Waals surface area (Å²) in [7, 11) is 0. The zero-order chi connectivity index (χ0) is 20.1. The largest absolute Gasteiger partial charge is 0.326 e. The Hall–Kier alpha value is -3.88. The van der Waals surface area contributed by atoms with Gasteiger partial charge in [-0.25, -0.2) is 18.3 Å². The Balaban J connectivity index is 1.73. The van der Waals surface area contributed by atoms with Crippen LogP contribution in [0.25, 0.3) is 0 Å². The van der Waals surface area contributed by atoms with E-state index in [1.165, 1.54) is 12.3 Å². The smallest absolute Gasteiger partial charge is 0.303 e. The number of benzene rings is 2. The number of urea groups is 1. The van der Waals surface area contributed by atoms with Crippen LogP contribution in [0.3, 0.4) is 0 Å². The van der Waals surface area contributed by atoms with Gasteiger partial charge in [0.05, 0.1) is 6.54 Å². The quantitative estimate of drug-likeness (QED) is 0.723. The lowest BCUT2D eigenvalue weighted by molar-refractivity contribution is 0.0959. The van der Waals surface area contributed by atoms with Gasteiger partial charge in [0.2, 0.25) is 0 Å². The molecule has 0 spiro atoms. The second-order valence-electron chi connectivity index (χ2n) is 5.70. The molecule has 0 bridgehead atoms. The maximum Gasteiger partial charge on any atom is 0.326 e. The molecule has 0 aliphatic carbocycles. The molecule has 3 amide bonds. The normalized spacial score (nSPS) is 10.4. The zero-order valence-electron chi connectivity index (χ0n) is 14.4. The first kappa shape index (κ1) is 18.9. The van der Waals surface area contributed by atoms with Crippen LogP contribution in [0.4, 0.5) is 19.3 Å². The van der Waals surface area contributed by atoms with E-state index in [4.69, 9.17) is 0 Å². The van der Waals surface area contributed by atoms with E-state index >= 15 is 0 Å². The third-order valence-electron chi connectivity index (χ3n) is 3.75. The van der Waals surface area contributed by atoms with Crippen LogP contribution in [0.15, 0.2) is 65.6 Å². The summed E-state index contributed by atoms with van der Waals surface area (Å²) in [6, 6.07) is 12.1. The highest BCUT2D eigenvalue weighted by Crippen LogP contribution is 2.11. The molecule has 1 heterocycles. The molecule has 0 unspecified atom stereocenters. The molecule has 0 radical (unpaired) electrons. The van der Waals surface area contributed by atoms with E-state index < -0.39 is 34.7 Å². The van der Waals surface area contributed by atoms with E-state index in [1.807, 2.05) is 30.3 Å². The lowest BCUT2D eigenvalue weighted by atomic mass is 10.2. The molecule has 7 nitrogen and oxygen atoms in total. The van der Waals surface area contributed by atoms with Crippen molar-refractivity contribution in [2.75, 3.05) is 5.32 Å². The molecule has 0 atom stereocenters. The summed E-state index contributed by atoms with van der Waals surface area (Å²) in [5.41, 5.74) is -0.825. The van der Waals surface area contributed by atoms with Crippen molar-refractivity contribution < 1.29 is 18.4 Å². The molecule has 142 valence electrons. The number of imide groups is 1. The molecule has 0 fully saturated rings. The number of amides is 3. The van der Waals surface area contributed by atoms with Gasteiger partial charge in [-0.15, -0.1) is 0 Å². The fourth-order valence-corrected chi connectivity index (χ4v) is 2.45. The first-order valence-corrected chi connectivity index (χ1v) is 8.12. The number of hydrogen-bond donors (Lipinski definition) is 2. The minimum absolute atomic E-state index is 0.148. The lowest BCUT2D eigenvalue weighted by Gasteiger charge is -2.09. The van der Waals surface area contributed by atoms with Crippen LogP contribution < -0.4 is 16.2 Å². The Kier molecular flexibility index (Phi) is 5.54. The SMILES string of the molecule is O=C(NC(=O)c1c(F)cccc1F)Nc1ccnn(Cc2ccccc2)c1=O. The monoisotopic (exact) mass is 384 g/mol. The van der Waals surface area contributed by atoms with E-state index in [-0.39, 0.29) is 12.2 Å². The third kappa shape index (κ3) is 4.26. The number of halogens is 2. The van der Waals surface area contributed by atoms with Crippen molar-refractivity contribution in [1.29, 1.82) is 0 Å². The second kappa shape index (κ2) is 8.21. The van der Waals surface area contributed by atoms with Crippen LogP contribution >= 0.6 is 0 Å². The van der Waals surface area contributed by atoms with Crippen LogP contribution in [-0.2, 0) is 6.54 Å². The number of carbonyl (C=O) groups is 2. The molecule has 0 aliphatic rings. The van der Waals surface area contributed by atoms with Gasteiger partial charge in [-0.2, -0.15) is 5.10 Å². The summed E-state index contributed by atoms with van der Waals surface area (Å²) in [4.78, 5) is 36.3. The number of nitrogens with one attached hydrogen (secondary N) is 2. The highest BCUT2D eigenvalue weighted by molar-refractivity contribution is 6.08. The van der Waals surface area contributed by atoms with Gasteiger partial charge < -0.3 is 5.32 Å². The highest BCUT2D eigenvalue weighted by atomic mass is 19.1. The fraction of sp³-hybridized carbons (Fsp3) is 0.0526. The van der Waals surface area contributed by atoms with Gasteiger partial charge in [0.1, 0.15) is 22.9 Å². The topological polar surface area (TPSA) is 93.1 Å². The number of rotatable bonds is 4. The Bertz CT molecular complexity index is 1060. The zero-order valence-corrected chi connectivity index (χ0v) is 14.4. The van der Waals surface area contributed by atoms with Crippen molar-refractivity contribution >= 4 is 17.6 Å². The number of carbonyl (C=O) groups excluding carboxylic acids is 2. The number of nitrogens with zero attached hydrogens (tertiary/aromatic N) is 2. The summed E-state index contributed by atoms with van der Waals surface area (Å²) in [5, 5.41) is 7.91. The Morgan fingerprint density at radius 2 is 1.64 bits per heavy atom. The molecule has 3 rings (SSSR count). The van der Waals surface area contributed by atoms with Gasteiger partial charge in [0.25, 0.3) is 11.5 Å². The molecule has 0 saturated heterocycles. The van der Waals surface area contributed by atoms with Crippen molar-refractivity contribution in [1.82, 2.24) is 15.1 Å². The Morgan fingerprint density at radius 3 is 2.32 bits per heavy atom. The molecule has 28 heavy (non-hydrogen) atoms. The van der Waals surface area contributed by atoms with Crippen LogP contribution in [0, 0.1) is 11.6 Å². The van der Waals surface area contributed by atoms with Gasteiger partial charge in [0.15, 0.2) is 0 Å². The third-order valence-corrected chi connectivity index (χ3v) is 3.75. The van der Waals surface area contributed by atoms with Crippen LogP contribution in [0.2, 0.25) is 0 Å². The summed E-state index contributed by atoms with van der Waals surface area (Å²) >= 11 is 0. The maximum absolute atomic E-state index is 13.6. The Labute approximate surface area is 157 Å². The molecule has 0 saturated carbocycles. The average molecular weight is 384 g/mol. The van der Waals surface area contributed by atoms with Crippen molar-refractivity contribution in [2.24, 2.45) is 0 Å². The minimum Gasteiger partial charge on any atom is -0.303 e. The average Bonchev–Trinajstić information content (AvgIpc) is 2.65. The molecular weight excluding hydrogens is 370 g/mol. The van der Waals surface area contributed by atoms with E-state index in [0.717, 1.165) is 28.4 Å². The summed E-state index contributed by atoms with van der Waals surface area (Å²) in [5.74, 6) is -3.49. The number of aromatic nitrogens is 2. The molecule has 0 aliphatic heterocycles. The van der Waals surface area contributed by atoms with Crippen molar-refractivity contribution in [2.45, 2.75) is 6.54 Å². The molecule has 9 heteroatoms. The van der Waals surface area contributed by atoms with Crippen molar-refractivity contribution in [3.8, 4) is 0 Å². The molecule has 1 aromatic heterocycles. The van der Waals surface area contributed by atoms with Crippen LogP contribution in [0.1, 0.15) is 15.9 Å². The van der Waals surface area contributed by atoms with E-state index in [2.05, 4.69) is 10.4 Å². The van der Waals surface area contributed by atoms with Gasteiger partial charge in [0, 0.05) is 6.20 Å². The van der Waals surface area contributed by atoms with Crippen molar-refractivity contribution in [3.63, 3.8) is 0 Å². The second-order valence-corrected chi connectivity index (χ2v) is 5.70. The summed E-state index contributed by atoms with van der Waals surface area (Å²) in [6.45, 7) is 0.177. The fourth-order valence-electron chi connectivity index (χ4n) is 2.45. The van der Waals surface area contributed by atoms with E-state index in [1.54, 1.807) is 5.32 Å².